The maximum absolute atomic E-state index is 4.31. The van der Waals surface area contributed by atoms with Crippen LogP contribution in [-0.2, 0) is 6.54 Å². The van der Waals surface area contributed by atoms with Gasteiger partial charge in [-0.15, -0.1) is 22.7 Å². The van der Waals surface area contributed by atoms with Gasteiger partial charge < -0.3 is 5.32 Å². The predicted octanol–water partition coefficient (Wildman–Crippen LogP) is 5.25. The molecule has 3 rings (SSSR count). The Morgan fingerprint density at radius 2 is 2.00 bits per heavy atom. The summed E-state index contributed by atoms with van der Waals surface area (Å²) in [5, 5.41) is 8.58. The molecule has 0 saturated heterocycles. The van der Waals surface area contributed by atoms with Crippen LogP contribution in [0.3, 0.4) is 0 Å². The van der Waals surface area contributed by atoms with Gasteiger partial charge in [0, 0.05) is 44.1 Å². The first-order valence-electron chi connectivity index (χ1n) is 5.78. The normalized spacial score (nSPS) is 10.6. The molecule has 0 unspecified atom stereocenters. The van der Waals surface area contributed by atoms with E-state index in [0.29, 0.717) is 0 Å². The Kier molecular flexibility index (Phi) is 3.96. The third-order valence-corrected chi connectivity index (χ3v) is 5.17. The molecule has 1 N–H and O–H groups in total. The second kappa shape index (κ2) is 5.86. The zero-order chi connectivity index (χ0) is 13.1. The van der Waals surface area contributed by atoms with Gasteiger partial charge in [-0.05, 0) is 46.3 Å². The van der Waals surface area contributed by atoms with E-state index in [0.717, 1.165) is 21.7 Å². The molecule has 0 spiro atoms. The number of nitrogens with one attached hydrogen (secondary N) is 1. The summed E-state index contributed by atoms with van der Waals surface area (Å²) in [7, 11) is 0. The third kappa shape index (κ3) is 3.23. The van der Waals surface area contributed by atoms with Gasteiger partial charge in [-0.25, -0.2) is 4.98 Å². The highest BCUT2D eigenvalue weighted by Crippen LogP contribution is 2.24. The van der Waals surface area contributed by atoms with Gasteiger partial charge in [-0.2, -0.15) is 0 Å². The maximum atomic E-state index is 4.31. The van der Waals surface area contributed by atoms with Crippen LogP contribution in [0.5, 0.6) is 0 Å². The minimum atomic E-state index is 0.854. The second-order valence-electron chi connectivity index (χ2n) is 4.00. The van der Waals surface area contributed by atoms with Crippen molar-refractivity contribution in [2.24, 2.45) is 0 Å². The van der Waals surface area contributed by atoms with Crippen LogP contribution in [-0.4, -0.2) is 4.98 Å². The summed E-state index contributed by atoms with van der Waals surface area (Å²) in [6.07, 6.45) is 1.83. The van der Waals surface area contributed by atoms with E-state index in [1.807, 2.05) is 11.6 Å². The van der Waals surface area contributed by atoms with Crippen molar-refractivity contribution in [3.8, 4) is 10.6 Å². The maximum Gasteiger partial charge on any atom is 0.123 e. The van der Waals surface area contributed by atoms with Crippen molar-refractivity contribution in [1.29, 1.82) is 0 Å². The van der Waals surface area contributed by atoms with Crippen molar-refractivity contribution in [2.75, 3.05) is 5.32 Å². The van der Waals surface area contributed by atoms with E-state index in [9.17, 15) is 0 Å². The molecule has 2 aromatic heterocycles. The van der Waals surface area contributed by atoms with Crippen molar-refractivity contribution < 1.29 is 0 Å². The van der Waals surface area contributed by atoms with Crippen LogP contribution in [0.1, 0.15) is 4.88 Å². The summed E-state index contributed by atoms with van der Waals surface area (Å²) < 4.78 is 1.15. The van der Waals surface area contributed by atoms with Gasteiger partial charge in [0.05, 0.1) is 0 Å². The Labute approximate surface area is 128 Å². The summed E-state index contributed by atoms with van der Waals surface area (Å²) >= 11 is 6.88. The fourth-order valence-corrected chi connectivity index (χ4v) is 3.77. The highest BCUT2D eigenvalue weighted by Gasteiger charge is 2.01. The highest BCUT2D eigenvalue weighted by atomic mass is 79.9. The minimum Gasteiger partial charge on any atom is -0.380 e. The average Bonchev–Trinajstić information content (AvgIpc) is 3.08. The van der Waals surface area contributed by atoms with E-state index >= 15 is 0 Å². The molecule has 0 aliphatic heterocycles. The zero-order valence-corrected chi connectivity index (χ0v) is 13.2. The Morgan fingerprint density at radius 1 is 1.16 bits per heavy atom. The third-order valence-electron chi connectivity index (χ3n) is 2.65. The molecule has 0 bridgehead atoms. The van der Waals surface area contributed by atoms with E-state index < -0.39 is 0 Å². The number of nitrogens with zero attached hydrogens (tertiary/aromatic N) is 1. The van der Waals surface area contributed by atoms with Crippen LogP contribution in [0.2, 0.25) is 0 Å². The molecule has 2 heterocycles. The molecule has 3 aromatic rings. The van der Waals surface area contributed by atoms with Crippen LogP contribution in [0, 0.1) is 0 Å². The first-order valence-corrected chi connectivity index (χ1v) is 8.33. The molecule has 96 valence electrons. The van der Waals surface area contributed by atoms with Gasteiger partial charge in [0.1, 0.15) is 5.01 Å². The lowest BCUT2D eigenvalue weighted by Gasteiger charge is -2.05. The highest BCUT2D eigenvalue weighted by molar-refractivity contribution is 9.10. The zero-order valence-electron chi connectivity index (χ0n) is 9.97. The van der Waals surface area contributed by atoms with Gasteiger partial charge in [0.15, 0.2) is 0 Å². The monoisotopic (exact) mass is 350 g/mol. The second-order valence-corrected chi connectivity index (χ2v) is 6.81. The van der Waals surface area contributed by atoms with E-state index in [1.54, 1.807) is 22.7 Å². The summed E-state index contributed by atoms with van der Waals surface area (Å²) in [5.41, 5.74) is 2.30. The lowest BCUT2D eigenvalue weighted by atomic mass is 10.2. The number of aromatic nitrogens is 1. The smallest absolute Gasteiger partial charge is 0.123 e. The van der Waals surface area contributed by atoms with Crippen molar-refractivity contribution in [3.05, 3.63) is 56.6 Å². The van der Waals surface area contributed by atoms with E-state index in [2.05, 4.69) is 61.9 Å². The van der Waals surface area contributed by atoms with Crippen molar-refractivity contribution in [3.63, 3.8) is 0 Å². The molecule has 19 heavy (non-hydrogen) atoms. The number of hydrogen-bond donors (Lipinski definition) is 1. The van der Waals surface area contributed by atoms with Crippen molar-refractivity contribution >= 4 is 44.3 Å². The Balaban J connectivity index is 1.66. The molecular formula is C14H11BrN2S2. The van der Waals surface area contributed by atoms with Gasteiger partial charge in [0.2, 0.25) is 0 Å². The van der Waals surface area contributed by atoms with Crippen LogP contribution < -0.4 is 5.32 Å². The molecule has 0 atom stereocenters. The summed E-state index contributed by atoms with van der Waals surface area (Å²) in [4.78, 5) is 5.62. The number of anilines is 1. The molecule has 0 saturated carbocycles. The van der Waals surface area contributed by atoms with E-state index in [-0.39, 0.29) is 0 Å². The molecule has 0 aliphatic carbocycles. The first-order chi connectivity index (χ1) is 9.31. The summed E-state index contributed by atoms with van der Waals surface area (Å²) in [5.74, 6) is 0. The number of halogens is 1. The summed E-state index contributed by atoms with van der Waals surface area (Å²) in [6, 6.07) is 10.5. The van der Waals surface area contributed by atoms with Crippen LogP contribution in [0.15, 0.2) is 51.8 Å². The Bertz CT molecular complexity index is 644. The molecule has 0 aliphatic rings. The molecule has 5 heteroatoms. The minimum absolute atomic E-state index is 0.854. The number of benzene rings is 1. The lowest BCUT2D eigenvalue weighted by Crippen LogP contribution is -1.96. The molecule has 0 radical (unpaired) electrons. The van der Waals surface area contributed by atoms with Gasteiger partial charge in [-0.3, -0.25) is 0 Å². The SMILES string of the molecule is Brc1csc(CNc2ccc(-c3nccs3)cc2)c1. The fraction of sp³-hybridized carbons (Fsp3) is 0.0714. The fourth-order valence-electron chi connectivity index (χ4n) is 1.73. The Morgan fingerprint density at radius 3 is 2.63 bits per heavy atom. The number of rotatable bonds is 4. The van der Waals surface area contributed by atoms with E-state index in [4.69, 9.17) is 0 Å². The van der Waals surface area contributed by atoms with Crippen LogP contribution in [0.25, 0.3) is 10.6 Å². The predicted molar refractivity (Wildman–Crippen MR) is 86.9 cm³/mol. The quantitative estimate of drug-likeness (QED) is 0.695. The number of thiazole rings is 1. The lowest BCUT2D eigenvalue weighted by molar-refractivity contribution is 1.19. The average molecular weight is 351 g/mol. The number of thiophene rings is 1. The molecule has 1 aromatic carbocycles. The molecule has 0 amide bonds. The summed E-state index contributed by atoms with van der Waals surface area (Å²) in [6.45, 7) is 0.854. The van der Waals surface area contributed by atoms with Crippen molar-refractivity contribution in [2.45, 2.75) is 6.54 Å². The van der Waals surface area contributed by atoms with Gasteiger partial charge >= 0.3 is 0 Å². The van der Waals surface area contributed by atoms with Gasteiger partial charge in [0.25, 0.3) is 0 Å². The van der Waals surface area contributed by atoms with Crippen molar-refractivity contribution in [1.82, 2.24) is 4.98 Å². The molecule has 2 nitrogen and oxygen atoms in total. The standard InChI is InChI=1S/C14H11BrN2S2/c15-11-7-13(19-9-11)8-17-12-3-1-10(2-4-12)14-16-5-6-18-14/h1-7,9,17H,8H2. The van der Waals surface area contributed by atoms with Gasteiger partial charge in [-0.1, -0.05) is 0 Å². The van der Waals surface area contributed by atoms with E-state index in [1.165, 1.54) is 10.4 Å². The number of hydrogen-bond acceptors (Lipinski definition) is 4. The van der Waals surface area contributed by atoms with Crippen LogP contribution in [0.4, 0.5) is 5.69 Å². The molecular weight excluding hydrogens is 340 g/mol. The van der Waals surface area contributed by atoms with Crippen LogP contribution >= 0.6 is 38.6 Å². The Hall–Kier alpha value is -1.17. The molecule has 0 fully saturated rings. The largest absolute Gasteiger partial charge is 0.380 e. The topological polar surface area (TPSA) is 24.9 Å². The first kappa shape index (κ1) is 12.8.